The lowest BCUT2D eigenvalue weighted by molar-refractivity contribution is 0.509. The molecule has 0 radical (unpaired) electrons. The number of aromatic nitrogens is 7. The predicted molar refractivity (Wildman–Crippen MR) is 119 cm³/mol. The number of nitrogens with one attached hydrogen (secondary N) is 2. The Hall–Kier alpha value is -3.92. The third kappa shape index (κ3) is 4.24. The first-order valence-corrected chi connectivity index (χ1v) is 10.4. The molecule has 166 valence electrons. The summed E-state index contributed by atoms with van der Waals surface area (Å²) in [6.45, 7) is 0.503. The minimum absolute atomic E-state index is 0.00999. The Morgan fingerprint density at radius 1 is 1.03 bits per heavy atom. The standard InChI is InChI=1S/C22H17ClF2N8/c23-22-29-20(26-10-13-5-2-1-3-6-13)19-21(30-22)33(12-27-19)18(17-11-28-32-31-17)9-14-15(24)7-4-8-16(14)25/h1-8,11-12,18H,9-10H2,(H,26,29,30)(H,28,31,32). The maximum Gasteiger partial charge on any atom is 0.226 e. The maximum atomic E-state index is 14.4. The van der Waals surface area contributed by atoms with Gasteiger partial charge < -0.3 is 9.88 Å². The van der Waals surface area contributed by atoms with Crippen LogP contribution in [0.1, 0.15) is 22.9 Å². The Morgan fingerprint density at radius 3 is 2.55 bits per heavy atom. The Bertz CT molecular complexity index is 1370. The second kappa shape index (κ2) is 8.91. The highest BCUT2D eigenvalue weighted by Crippen LogP contribution is 2.29. The van der Waals surface area contributed by atoms with Crippen LogP contribution in [0, 0.1) is 11.6 Å². The number of rotatable bonds is 7. The fourth-order valence-electron chi connectivity index (χ4n) is 3.66. The van der Waals surface area contributed by atoms with Gasteiger partial charge in [0.1, 0.15) is 17.3 Å². The number of nitrogens with zero attached hydrogens (tertiary/aromatic N) is 6. The van der Waals surface area contributed by atoms with Gasteiger partial charge in [0, 0.05) is 18.5 Å². The van der Waals surface area contributed by atoms with Crippen molar-refractivity contribution in [1.29, 1.82) is 0 Å². The second-order valence-corrected chi connectivity index (χ2v) is 7.66. The molecule has 1 unspecified atom stereocenters. The van der Waals surface area contributed by atoms with Crippen LogP contribution in [0.3, 0.4) is 0 Å². The van der Waals surface area contributed by atoms with Gasteiger partial charge in [0.05, 0.1) is 18.6 Å². The topological polar surface area (TPSA) is 97.2 Å². The molecule has 0 amide bonds. The molecule has 0 spiro atoms. The maximum absolute atomic E-state index is 14.4. The first-order chi connectivity index (χ1) is 16.1. The molecule has 11 heteroatoms. The minimum atomic E-state index is -0.647. The van der Waals surface area contributed by atoms with Gasteiger partial charge in [0.2, 0.25) is 5.28 Å². The van der Waals surface area contributed by atoms with E-state index in [1.54, 1.807) is 4.57 Å². The van der Waals surface area contributed by atoms with E-state index < -0.39 is 17.7 Å². The van der Waals surface area contributed by atoms with Crippen LogP contribution in [0.2, 0.25) is 5.28 Å². The van der Waals surface area contributed by atoms with Crippen LogP contribution in [0.15, 0.2) is 61.1 Å². The van der Waals surface area contributed by atoms with Crippen LogP contribution in [-0.4, -0.2) is 34.9 Å². The summed E-state index contributed by atoms with van der Waals surface area (Å²) in [4.78, 5) is 13.1. The molecule has 8 nitrogen and oxygen atoms in total. The lowest BCUT2D eigenvalue weighted by Gasteiger charge is -2.18. The number of imidazole rings is 1. The molecular weight excluding hydrogens is 450 g/mol. The Labute approximate surface area is 191 Å². The van der Waals surface area contributed by atoms with Crippen molar-refractivity contribution in [2.75, 3.05) is 5.32 Å². The highest BCUT2D eigenvalue weighted by atomic mass is 35.5. The molecule has 0 bridgehead atoms. The van der Waals surface area contributed by atoms with E-state index in [4.69, 9.17) is 11.6 Å². The van der Waals surface area contributed by atoms with E-state index in [0.29, 0.717) is 29.2 Å². The summed E-state index contributed by atoms with van der Waals surface area (Å²) >= 11 is 6.22. The third-order valence-corrected chi connectivity index (χ3v) is 5.44. The van der Waals surface area contributed by atoms with Gasteiger partial charge in [-0.2, -0.15) is 25.4 Å². The summed E-state index contributed by atoms with van der Waals surface area (Å²) in [6, 6.07) is 12.9. The molecule has 5 aromatic rings. The van der Waals surface area contributed by atoms with Crippen molar-refractivity contribution in [3.8, 4) is 0 Å². The van der Waals surface area contributed by atoms with Crippen molar-refractivity contribution >= 4 is 28.6 Å². The molecule has 3 aromatic heterocycles. The Morgan fingerprint density at radius 2 is 1.82 bits per heavy atom. The molecule has 0 aliphatic rings. The van der Waals surface area contributed by atoms with E-state index in [2.05, 4.69) is 35.7 Å². The van der Waals surface area contributed by atoms with E-state index in [-0.39, 0.29) is 17.3 Å². The first kappa shape index (κ1) is 21.0. The van der Waals surface area contributed by atoms with E-state index >= 15 is 0 Å². The number of H-pyrrole nitrogens is 1. The lowest BCUT2D eigenvalue weighted by Crippen LogP contribution is -2.16. The zero-order chi connectivity index (χ0) is 22.8. The molecule has 3 heterocycles. The summed E-state index contributed by atoms with van der Waals surface area (Å²) in [6.07, 6.45) is 2.99. The van der Waals surface area contributed by atoms with E-state index in [1.807, 2.05) is 30.3 Å². The van der Waals surface area contributed by atoms with Crippen molar-refractivity contribution in [3.05, 3.63) is 94.8 Å². The average molecular weight is 467 g/mol. The van der Waals surface area contributed by atoms with Crippen LogP contribution in [-0.2, 0) is 13.0 Å². The smallest absolute Gasteiger partial charge is 0.226 e. The molecule has 5 rings (SSSR count). The molecule has 0 aliphatic heterocycles. The SMILES string of the molecule is Fc1cccc(F)c1CC(c1cn[nH]n1)n1cnc2c(NCc3ccccc3)nc(Cl)nc21. The second-order valence-electron chi connectivity index (χ2n) is 7.32. The number of anilines is 1. The van der Waals surface area contributed by atoms with Crippen LogP contribution < -0.4 is 5.32 Å². The molecule has 0 fully saturated rings. The average Bonchev–Trinajstić information content (AvgIpc) is 3.49. The number of benzene rings is 2. The highest BCUT2D eigenvalue weighted by Gasteiger charge is 2.25. The number of aromatic amines is 1. The molecule has 0 saturated heterocycles. The Kier molecular flexibility index (Phi) is 5.66. The molecule has 0 saturated carbocycles. The monoisotopic (exact) mass is 466 g/mol. The number of fused-ring (bicyclic) bond motifs is 1. The van der Waals surface area contributed by atoms with E-state index in [1.165, 1.54) is 30.7 Å². The largest absolute Gasteiger partial charge is 0.364 e. The van der Waals surface area contributed by atoms with Gasteiger partial charge in [-0.25, -0.2) is 13.8 Å². The predicted octanol–water partition coefficient (Wildman–Crippen LogP) is 4.32. The molecule has 33 heavy (non-hydrogen) atoms. The van der Waals surface area contributed by atoms with E-state index in [0.717, 1.165) is 5.56 Å². The normalized spacial score (nSPS) is 12.2. The fourth-order valence-corrected chi connectivity index (χ4v) is 3.82. The molecule has 2 aromatic carbocycles. The van der Waals surface area contributed by atoms with Crippen LogP contribution in [0.4, 0.5) is 14.6 Å². The third-order valence-electron chi connectivity index (χ3n) is 5.27. The first-order valence-electron chi connectivity index (χ1n) is 10.1. The zero-order valence-corrected chi connectivity index (χ0v) is 17.8. The zero-order valence-electron chi connectivity index (χ0n) is 17.1. The number of halogens is 3. The van der Waals surface area contributed by atoms with Crippen molar-refractivity contribution in [1.82, 2.24) is 34.9 Å². The highest BCUT2D eigenvalue weighted by molar-refractivity contribution is 6.28. The van der Waals surface area contributed by atoms with Gasteiger partial charge in [-0.1, -0.05) is 36.4 Å². The van der Waals surface area contributed by atoms with Crippen LogP contribution >= 0.6 is 11.6 Å². The van der Waals surface area contributed by atoms with Gasteiger partial charge in [-0.15, -0.1) is 0 Å². The number of hydrogen-bond donors (Lipinski definition) is 2. The molecule has 1 atom stereocenters. The summed E-state index contributed by atoms with van der Waals surface area (Å²) in [5.41, 5.74) is 2.31. The van der Waals surface area contributed by atoms with Crippen LogP contribution in [0.25, 0.3) is 11.2 Å². The summed E-state index contributed by atoms with van der Waals surface area (Å²) in [5, 5.41) is 13.8. The van der Waals surface area contributed by atoms with E-state index in [9.17, 15) is 8.78 Å². The van der Waals surface area contributed by atoms with Gasteiger partial charge in [0.15, 0.2) is 17.0 Å². The number of hydrogen-bond acceptors (Lipinski definition) is 6. The summed E-state index contributed by atoms with van der Waals surface area (Å²) < 4.78 is 30.5. The summed E-state index contributed by atoms with van der Waals surface area (Å²) in [7, 11) is 0. The van der Waals surface area contributed by atoms with Crippen molar-refractivity contribution in [2.24, 2.45) is 0 Å². The minimum Gasteiger partial charge on any atom is -0.364 e. The van der Waals surface area contributed by atoms with Crippen molar-refractivity contribution in [2.45, 2.75) is 19.0 Å². The van der Waals surface area contributed by atoms with Gasteiger partial charge in [-0.3, -0.25) is 0 Å². The Balaban J connectivity index is 1.56. The van der Waals surface area contributed by atoms with Gasteiger partial charge >= 0.3 is 0 Å². The van der Waals surface area contributed by atoms with Crippen LogP contribution in [0.5, 0.6) is 0 Å². The van der Waals surface area contributed by atoms with Gasteiger partial charge in [0.25, 0.3) is 0 Å². The summed E-state index contributed by atoms with van der Waals surface area (Å²) in [5.74, 6) is -0.847. The molecular formula is C22H17ClF2N8. The fraction of sp³-hybridized carbons (Fsp3) is 0.136. The van der Waals surface area contributed by atoms with Crippen molar-refractivity contribution in [3.63, 3.8) is 0 Å². The van der Waals surface area contributed by atoms with Crippen molar-refractivity contribution < 1.29 is 8.78 Å². The molecule has 2 N–H and O–H groups in total. The molecule has 0 aliphatic carbocycles. The van der Waals surface area contributed by atoms with Gasteiger partial charge in [-0.05, 0) is 29.3 Å². The quantitative estimate of drug-likeness (QED) is 0.347. The lowest BCUT2D eigenvalue weighted by atomic mass is 10.0.